The quantitative estimate of drug-likeness (QED) is 0.518. The lowest BCUT2D eigenvalue weighted by Gasteiger charge is -2.35. The van der Waals surface area contributed by atoms with Crippen LogP contribution in [0.25, 0.3) is 10.9 Å². The smallest absolute Gasteiger partial charge is 0.320 e. The molecule has 0 aliphatic carbocycles. The summed E-state index contributed by atoms with van der Waals surface area (Å²) in [6, 6.07) is 10.2. The molecule has 1 atom stereocenters. The fraction of sp³-hybridized carbons (Fsp3) is 0.500. The summed E-state index contributed by atoms with van der Waals surface area (Å²) in [6.45, 7) is 10.9. The first kappa shape index (κ1) is 22.0. The van der Waals surface area contributed by atoms with Crippen LogP contribution < -0.4 is 19.1 Å². The van der Waals surface area contributed by atoms with Crippen LogP contribution in [-0.2, 0) is 0 Å². The summed E-state index contributed by atoms with van der Waals surface area (Å²) in [7, 11) is 0. The third-order valence-electron chi connectivity index (χ3n) is 5.80. The molecule has 4 rings (SSSR count). The topological polar surface area (TPSA) is 82.5 Å². The van der Waals surface area contributed by atoms with Gasteiger partial charge < -0.3 is 19.1 Å². The molecule has 0 spiro atoms. The Kier molecular flexibility index (Phi) is 6.87. The Hall–Kier alpha value is -3.16. The molecule has 8 nitrogen and oxygen atoms in total. The fourth-order valence-corrected chi connectivity index (χ4v) is 4.04. The van der Waals surface area contributed by atoms with Crippen LogP contribution in [0, 0.1) is 12.8 Å². The van der Waals surface area contributed by atoms with Gasteiger partial charge >= 0.3 is 6.01 Å². The molecule has 1 aromatic carbocycles. The molecule has 3 heterocycles. The minimum Gasteiger partial charge on any atom is -0.490 e. The maximum Gasteiger partial charge on any atom is 0.320 e. The first-order valence-electron chi connectivity index (χ1n) is 11.4. The maximum atomic E-state index is 6.34. The van der Waals surface area contributed by atoms with Crippen LogP contribution >= 0.6 is 0 Å². The summed E-state index contributed by atoms with van der Waals surface area (Å²) in [5, 5.41) is 9.33. The van der Waals surface area contributed by atoms with Crippen molar-refractivity contribution in [2.24, 2.45) is 5.92 Å². The van der Waals surface area contributed by atoms with E-state index in [-0.39, 0.29) is 6.10 Å². The van der Waals surface area contributed by atoms with Gasteiger partial charge in [0, 0.05) is 13.1 Å². The Morgan fingerprint density at radius 1 is 1.00 bits per heavy atom. The minimum atomic E-state index is 0.0952. The molecule has 8 heteroatoms. The van der Waals surface area contributed by atoms with E-state index in [0.717, 1.165) is 54.1 Å². The number of ether oxygens (including phenoxy) is 3. The van der Waals surface area contributed by atoms with Gasteiger partial charge in [-0.25, -0.2) is 0 Å². The van der Waals surface area contributed by atoms with E-state index in [1.807, 2.05) is 51.1 Å². The third-order valence-corrected chi connectivity index (χ3v) is 5.80. The number of nitrogens with zero attached hydrogens (tertiary/aromatic N) is 5. The molecular formula is C24H31N5O3. The average Bonchev–Trinajstić information content (AvgIpc) is 2.80. The predicted molar refractivity (Wildman–Crippen MR) is 124 cm³/mol. The van der Waals surface area contributed by atoms with Crippen molar-refractivity contribution in [1.82, 2.24) is 20.2 Å². The maximum absolute atomic E-state index is 6.34. The van der Waals surface area contributed by atoms with E-state index in [1.54, 1.807) is 0 Å². The van der Waals surface area contributed by atoms with Crippen molar-refractivity contribution < 1.29 is 14.2 Å². The Morgan fingerprint density at radius 3 is 2.47 bits per heavy atom. The van der Waals surface area contributed by atoms with Gasteiger partial charge in [0.1, 0.15) is 5.75 Å². The van der Waals surface area contributed by atoms with Gasteiger partial charge in [-0.1, -0.05) is 0 Å². The zero-order chi connectivity index (χ0) is 22.5. The predicted octanol–water partition coefficient (Wildman–Crippen LogP) is 4.21. The highest BCUT2D eigenvalue weighted by atomic mass is 16.5. The summed E-state index contributed by atoms with van der Waals surface area (Å²) in [5.41, 5.74) is 1.72. The molecule has 0 saturated carbocycles. The summed E-state index contributed by atoms with van der Waals surface area (Å²) in [6.07, 6.45) is 2.20. The van der Waals surface area contributed by atoms with Gasteiger partial charge in [-0.2, -0.15) is 15.1 Å². The van der Waals surface area contributed by atoms with E-state index >= 15 is 0 Å². The van der Waals surface area contributed by atoms with Crippen molar-refractivity contribution in [1.29, 1.82) is 0 Å². The Labute approximate surface area is 188 Å². The highest BCUT2D eigenvalue weighted by molar-refractivity contribution is 5.85. The van der Waals surface area contributed by atoms with E-state index in [0.29, 0.717) is 31.0 Å². The molecule has 1 saturated heterocycles. The zero-order valence-corrected chi connectivity index (χ0v) is 19.2. The van der Waals surface area contributed by atoms with Gasteiger partial charge in [0.2, 0.25) is 5.88 Å². The van der Waals surface area contributed by atoms with Crippen molar-refractivity contribution in [3.63, 3.8) is 0 Å². The molecule has 0 radical (unpaired) electrons. The summed E-state index contributed by atoms with van der Waals surface area (Å²) >= 11 is 0. The average molecular weight is 438 g/mol. The molecule has 0 bridgehead atoms. The van der Waals surface area contributed by atoms with Crippen molar-refractivity contribution >= 4 is 16.7 Å². The highest BCUT2D eigenvalue weighted by Gasteiger charge is 2.26. The molecule has 3 aromatic rings. The number of hydrogen-bond donors (Lipinski definition) is 0. The molecule has 0 N–H and O–H groups in total. The molecule has 0 amide bonds. The number of piperidine rings is 1. The van der Waals surface area contributed by atoms with E-state index in [9.17, 15) is 0 Å². The molecule has 2 aromatic heterocycles. The number of fused-ring (bicyclic) bond motifs is 1. The molecule has 1 fully saturated rings. The van der Waals surface area contributed by atoms with E-state index in [4.69, 9.17) is 14.2 Å². The Bertz CT molecular complexity index is 1040. The second-order valence-electron chi connectivity index (χ2n) is 8.04. The van der Waals surface area contributed by atoms with Crippen molar-refractivity contribution in [3.8, 4) is 17.6 Å². The van der Waals surface area contributed by atoms with Crippen LogP contribution in [0.2, 0.25) is 0 Å². The Morgan fingerprint density at radius 2 is 1.78 bits per heavy atom. The second kappa shape index (κ2) is 9.97. The van der Waals surface area contributed by atoms with Gasteiger partial charge in [-0.3, -0.25) is 0 Å². The molecule has 1 aliphatic heterocycles. The number of aryl methyl sites for hydroxylation is 1. The summed E-state index contributed by atoms with van der Waals surface area (Å²) in [5.74, 6) is 2.74. The number of hydrogen-bond acceptors (Lipinski definition) is 8. The Balaban J connectivity index is 1.43. The molecular weight excluding hydrogens is 406 g/mol. The normalized spacial score (nSPS) is 15.6. The fourth-order valence-electron chi connectivity index (χ4n) is 4.04. The number of aromatic nitrogens is 4. The van der Waals surface area contributed by atoms with Crippen LogP contribution in [0.3, 0.4) is 0 Å². The van der Waals surface area contributed by atoms with Gasteiger partial charge in [-0.05, 0) is 76.8 Å². The summed E-state index contributed by atoms with van der Waals surface area (Å²) < 4.78 is 17.6. The number of anilines is 1. The van der Waals surface area contributed by atoms with Crippen molar-refractivity contribution in [2.45, 2.75) is 46.6 Å². The number of rotatable bonds is 8. The van der Waals surface area contributed by atoms with Gasteiger partial charge in [0.05, 0.1) is 35.9 Å². The molecule has 170 valence electrons. The largest absolute Gasteiger partial charge is 0.490 e. The van der Waals surface area contributed by atoms with Crippen molar-refractivity contribution in [3.05, 3.63) is 36.0 Å². The lowest BCUT2D eigenvalue weighted by molar-refractivity contribution is 0.133. The molecule has 32 heavy (non-hydrogen) atoms. The van der Waals surface area contributed by atoms with Crippen LogP contribution in [0.1, 0.15) is 39.3 Å². The lowest BCUT2D eigenvalue weighted by Crippen LogP contribution is -2.39. The first-order chi connectivity index (χ1) is 15.6. The van der Waals surface area contributed by atoms with E-state index < -0.39 is 0 Å². The van der Waals surface area contributed by atoms with Gasteiger partial charge in [0.25, 0.3) is 0 Å². The van der Waals surface area contributed by atoms with E-state index in [2.05, 4.69) is 32.0 Å². The monoisotopic (exact) mass is 437 g/mol. The van der Waals surface area contributed by atoms with Gasteiger partial charge in [0.15, 0.2) is 5.82 Å². The first-order valence-corrected chi connectivity index (χ1v) is 11.4. The highest BCUT2D eigenvalue weighted by Crippen LogP contribution is 2.31. The SMILES string of the molecule is CCOc1nc(OCC)c2cc(OC(C)C3CCN(c4ccc(C)nn4)CC3)ccc2n1. The summed E-state index contributed by atoms with van der Waals surface area (Å²) in [4.78, 5) is 11.2. The molecule has 1 aliphatic rings. The van der Waals surface area contributed by atoms with Crippen LogP contribution in [0.4, 0.5) is 5.82 Å². The van der Waals surface area contributed by atoms with Crippen molar-refractivity contribution in [2.75, 3.05) is 31.2 Å². The van der Waals surface area contributed by atoms with Crippen LogP contribution in [0.15, 0.2) is 30.3 Å². The minimum absolute atomic E-state index is 0.0952. The van der Waals surface area contributed by atoms with Crippen LogP contribution in [0.5, 0.6) is 17.6 Å². The van der Waals surface area contributed by atoms with Crippen LogP contribution in [-0.4, -0.2) is 52.6 Å². The molecule has 1 unspecified atom stereocenters. The lowest BCUT2D eigenvalue weighted by atomic mass is 9.92. The standard InChI is InChI=1S/C24H31N5O3/c1-5-30-23-20-15-19(8-9-21(20)25-24(26-23)31-6-2)32-17(4)18-11-13-29(14-12-18)22-10-7-16(3)27-28-22/h7-10,15,17-18H,5-6,11-14H2,1-4H3. The third kappa shape index (κ3) is 5.00. The zero-order valence-electron chi connectivity index (χ0n) is 19.2. The van der Waals surface area contributed by atoms with Gasteiger partial charge in [-0.15, -0.1) is 5.10 Å². The second-order valence-corrected chi connectivity index (χ2v) is 8.04. The van der Waals surface area contributed by atoms with E-state index in [1.165, 1.54) is 0 Å². The number of benzene rings is 1.